The van der Waals surface area contributed by atoms with Crippen LogP contribution in [0.3, 0.4) is 0 Å². The lowest BCUT2D eigenvalue weighted by Crippen LogP contribution is -2.30. The molecule has 2 aromatic carbocycles. The molecular formula is C19H20ClNO5S. The van der Waals surface area contributed by atoms with Gasteiger partial charge in [-0.1, -0.05) is 11.6 Å². The van der Waals surface area contributed by atoms with E-state index in [1.165, 1.54) is 32.9 Å². The standard InChI is InChI=1S/C19H20ClNO5S/c1-11(18(22)21-15-9-12(20)5-8-16(15)24-2)26-19(23)14-7-6-13(27-4)10-17(14)25-3/h5-11H,1-4H3,(H,21,22)/t11-/m0/s1. The van der Waals surface area contributed by atoms with Crippen LogP contribution in [0.2, 0.25) is 5.02 Å². The van der Waals surface area contributed by atoms with E-state index in [-0.39, 0.29) is 5.56 Å². The number of hydrogen-bond acceptors (Lipinski definition) is 6. The molecule has 2 rings (SSSR count). The van der Waals surface area contributed by atoms with Crippen molar-refractivity contribution in [1.82, 2.24) is 0 Å². The molecule has 0 aromatic heterocycles. The fraction of sp³-hybridized carbons (Fsp3) is 0.263. The number of hydrogen-bond donors (Lipinski definition) is 1. The smallest absolute Gasteiger partial charge is 0.342 e. The third kappa shape index (κ3) is 5.30. The minimum atomic E-state index is -1.04. The molecule has 0 heterocycles. The van der Waals surface area contributed by atoms with Crippen LogP contribution in [0.1, 0.15) is 17.3 Å². The van der Waals surface area contributed by atoms with Crippen molar-refractivity contribution in [2.24, 2.45) is 0 Å². The molecule has 1 atom stereocenters. The Hall–Kier alpha value is -2.38. The Balaban J connectivity index is 2.10. The lowest BCUT2D eigenvalue weighted by atomic mass is 10.2. The molecule has 27 heavy (non-hydrogen) atoms. The second kappa shape index (κ2) is 9.53. The quantitative estimate of drug-likeness (QED) is 0.544. The minimum Gasteiger partial charge on any atom is -0.496 e. The van der Waals surface area contributed by atoms with E-state index in [0.717, 1.165) is 4.90 Å². The molecule has 0 unspecified atom stereocenters. The van der Waals surface area contributed by atoms with Crippen LogP contribution in [0.25, 0.3) is 0 Å². The van der Waals surface area contributed by atoms with Gasteiger partial charge in [-0.25, -0.2) is 4.79 Å². The fourth-order valence-corrected chi connectivity index (χ4v) is 2.86. The summed E-state index contributed by atoms with van der Waals surface area (Å²) >= 11 is 7.48. The van der Waals surface area contributed by atoms with E-state index in [1.807, 2.05) is 6.26 Å². The molecule has 0 saturated heterocycles. The summed E-state index contributed by atoms with van der Waals surface area (Å²) < 4.78 is 15.7. The second-order valence-corrected chi connectivity index (χ2v) is 6.76. The van der Waals surface area contributed by atoms with Crippen LogP contribution in [0.5, 0.6) is 11.5 Å². The van der Waals surface area contributed by atoms with Crippen molar-refractivity contribution in [1.29, 1.82) is 0 Å². The molecule has 6 nitrogen and oxygen atoms in total. The lowest BCUT2D eigenvalue weighted by Gasteiger charge is -2.16. The molecule has 144 valence electrons. The number of thioether (sulfide) groups is 1. The molecule has 0 aliphatic carbocycles. The predicted octanol–water partition coefficient (Wildman–Crippen LogP) is 4.26. The fourth-order valence-electron chi connectivity index (χ4n) is 2.26. The Morgan fingerprint density at radius 1 is 1.07 bits per heavy atom. The second-order valence-electron chi connectivity index (χ2n) is 5.45. The Kier molecular flexibility index (Phi) is 7.38. The van der Waals surface area contributed by atoms with Crippen LogP contribution in [0.4, 0.5) is 5.69 Å². The van der Waals surface area contributed by atoms with E-state index in [4.69, 9.17) is 25.8 Å². The summed E-state index contributed by atoms with van der Waals surface area (Å²) in [6, 6.07) is 9.96. The number of nitrogens with one attached hydrogen (secondary N) is 1. The van der Waals surface area contributed by atoms with Crippen molar-refractivity contribution < 1.29 is 23.8 Å². The molecule has 0 bridgehead atoms. The van der Waals surface area contributed by atoms with Crippen LogP contribution in [0, 0.1) is 0 Å². The topological polar surface area (TPSA) is 73.9 Å². The van der Waals surface area contributed by atoms with Gasteiger partial charge in [-0.2, -0.15) is 0 Å². The molecule has 8 heteroatoms. The Morgan fingerprint density at radius 3 is 2.41 bits per heavy atom. The van der Waals surface area contributed by atoms with Crippen LogP contribution < -0.4 is 14.8 Å². The summed E-state index contributed by atoms with van der Waals surface area (Å²) in [5.41, 5.74) is 0.634. The third-order valence-corrected chi connectivity index (χ3v) is 4.66. The van der Waals surface area contributed by atoms with Gasteiger partial charge in [-0.3, -0.25) is 4.79 Å². The van der Waals surface area contributed by atoms with Crippen molar-refractivity contribution in [2.75, 3.05) is 25.8 Å². The zero-order valence-electron chi connectivity index (χ0n) is 15.4. The van der Waals surface area contributed by atoms with E-state index >= 15 is 0 Å². The summed E-state index contributed by atoms with van der Waals surface area (Å²) in [6.45, 7) is 1.48. The van der Waals surface area contributed by atoms with Crippen molar-refractivity contribution in [2.45, 2.75) is 17.9 Å². The molecule has 2 aromatic rings. The maximum Gasteiger partial charge on any atom is 0.342 e. The number of esters is 1. The molecule has 1 amide bonds. The third-order valence-electron chi connectivity index (χ3n) is 3.70. The van der Waals surface area contributed by atoms with Gasteiger partial charge in [0, 0.05) is 9.92 Å². The number of ether oxygens (including phenoxy) is 3. The van der Waals surface area contributed by atoms with E-state index < -0.39 is 18.0 Å². The molecule has 0 spiro atoms. The van der Waals surface area contributed by atoms with Gasteiger partial charge in [0.15, 0.2) is 6.10 Å². The molecule has 0 aliphatic rings. The largest absolute Gasteiger partial charge is 0.496 e. The number of amides is 1. The maximum atomic E-state index is 12.4. The molecular weight excluding hydrogens is 390 g/mol. The minimum absolute atomic E-state index is 0.246. The lowest BCUT2D eigenvalue weighted by molar-refractivity contribution is -0.123. The van der Waals surface area contributed by atoms with Crippen LogP contribution in [-0.4, -0.2) is 38.5 Å². The van der Waals surface area contributed by atoms with Crippen molar-refractivity contribution in [3.8, 4) is 11.5 Å². The van der Waals surface area contributed by atoms with Gasteiger partial charge in [-0.05, 0) is 49.6 Å². The number of anilines is 1. The van der Waals surface area contributed by atoms with Crippen molar-refractivity contribution in [3.05, 3.63) is 47.0 Å². The number of rotatable bonds is 7. The highest BCUT2D eigenvalue weighted by molar-refractivity contribution is 7.98. The SMILES string of the molecule is COc1ccc(Cl)cc1NC(=O)[C@H](C)OC(=O)c1ccc(SC)cc1OC. The molecule has 0 radical (unpaired) electrons. The number of methoxy groups -OCH3 is 2. The van der Waals surface area contributed by atoms with E-state index in [9.17, 15) is 9.59 Å². The highest BCUT2D eigenvalue weighted by atomic mass is 35.5. The molecule has 0 saturated carbocycles. The number of halogens is 1. The van der Waals surface area contributed by atoms with Gasteiger partial charge in [0.1, 0.15) is 17.1 Å². The number of benzene rings is 2. The van der Waals surface area contributed by atoms with Gasteiger partial charge in [0.2, 0.25) is 0 Å². The summed E-state index contributed by atoms with van der Waals surface area (Å²) in [5.74, 6) is -0.333. The zero-order valence-corrected chi connectivity index (χ0v) is 16.9. The normalized spacial score (nSPS) is 11.4. The van der Waals surface area contributed by atoms with Crippen LogP contribution in [-0.2, 0) is 9.53 Å². The number of carbonyl (C=O) groups excluding carboxylic acids is 2. The summed E-state index contributed by atoms with van der Waals surface area (Å²) in [6.07, 6.45) is 0.884. The highest BCUT2D eigenvalue weighted by Gasteiger charge is 2.22. The van der Waals surface area contributed by atoms with Crippen LogP contribution in [0.15, 0.2) is 41.3 Å². The Morgan fingerprint density at radius 2 is 1.78 bits per heavy atom. The van der Waals surface area contributed by atoms with Gasteiger partial charge >= 0.3 is 5.97 Å². The van der Waals surface area contributed by atoms with E-state index in [1.54, 1.807) is 36.4 Å². The van der Waals surface area contributed by atoms with Gasteiger partial charge < -0.3 is 19.5 Å². The Labute approximate surface area is 167 Å². The summed E-state index contributed by atoms with van der Waals surface area (Å²) in [7, 11) is 2.95. The first-order valence-electron chi connectivity index (χ1n) is 7.97. The van der Waals surface area contributed by atoms with Crippen molar-refractivity contribution >= 4 is 40.9 Å². The summed E-state index contributed by atoms with van der Waals surface area (Å²) in [4.78, 5) is 25.8. The summed E-state index contributed by atoms with van der Waals surface area (Å²) in [5, 5.41) is 3.08. The molecule has 0 aliphatic heterocycles. The zero-order chi connectivity index (χ0) is 20.0. The van der Waals surface area contributed by atoms with Crippen LogP contribution >= 0.6 is 23.4 Å². The average Bonchev–Trinajstić information content (AvgIpc) is 2.67. The first kappa shape index (κ1) is 20.9. The monoisotopic (exact) mass is 409 g/mol. The maximum absolute atomic E-state index is 12.4. The Bertz CT molecular complexity index is 843. The molecule has 1 N–H and O–H groups in total. The number of carbonyl (C=O) groups is 2. The average molecular weight is 410 g/mol. The first-order chi connectivity index (χ1) is 12.9. The van der Waals surface area contributed by atoms with Gasteiger partial charge in [0.05, 0.1) is 19.9 Å². The van der Waals surface area contributed by atoms with Crippen molar-refractivity contribution in [3.63, 3.8) is 0 Å². The van der Waals surface area contributed by atoms with E-state index in [2.05, 4.69) is 5.32 Å². The molecule has 0 fully saturated rings. The van der Waals surface area contributed by atoms with E-state index in [0.29, 0.717) is 22.2 Å². The first-order valence-corrected chi connectivity index (χ1v) is 9.57. The highest BCUT2D eigenvalue weighted by Crippen LogP contribution is 2.28. The predicted molar refractivity (Wildman–Crippen MR) is 106 cm³/mol. The van der Waals surface area contributed by atoms with Gasteiger partial charge in [-0.15, -0.1) is 11.8 Å². The van der Waals surface area contributed by atoms with Gasteiger partial charge in [0.25, 0.3) is 5.91 Å².